The number of nitrogens with zero attached hydrogens (tertiary/aromatic N) is 1. The van der Waals surface area contributed by atoms with Gasteiger partial charge in [-0.25, -0.2) is 0 Å². The van der Waals surface area contributed by atoms with E-state index in [-0.39, 0.29) is 16.6 Å². The van der Waals surface area contributed by atoms with E-state index in [0.717, 1.165) is 69.2 Å². The number of nitrogens with one attached hydrogen (secondary N) is 2. The fourth-order valence-electron chi connectivity index (χ4n) is 4.04. The van der Waals surface area contributed by atoms with Gasteiger partial charge in [-0.2, -0.15) is 13.2 Å². The smallest absolute Gasteiger partial charge is 0.370 e. The predicted octanol–water partition coefficient (Wildman–Crippen LogP) is 5.38. The second-order valence-electron chi connectivity index (χ2n) is 8.01. The summed E-state index contributed by atoms with van der Waals surface area (Å²) in [5.74, 6) is 0.916. The normalized spacial score (nSPS) is 22.1. The van der Waals surface area contributed by atoms with Crippen LogP contribution in [0, 0.1) is 5.92 Å². The average Bonchev–Trinajstić information content (AvgIpc) is 3.06. The van der Waals surface area contributed by atoms with Crippen molar-refractivity contribution in [3.63, 3.8) is 0 Å². The van der Waals surface area contributed by atoms with Crippen molar-refractivity contribution in [2.45, 2.75) is 58.2 Å². The Hall–Kier alpha value is -2.02. The van der Waals surface area contributed by atoms with Crippen LogP contribution in [0.15, 0.2) is 34.3 Å². The van der Waals surface area contributed by atoms with Crippen molar-refractivity contribution in [1.29, 1.82) is 0 Å². The van der Waals surface area contributed by atoms with E-state index >= 15 is 0 Å². The monoisotopic (exact) mass is 441 g/mol. The molecule has 164 valence electrons. The van der Waals surface area contributed by atoms with E-state index < -0.39 is 17.6 Å². The summed E-state index contributed by atoms with van der Waals surface area (Å²) in [5.41, 5.74) is 1.61. The molecule has 30 heavy (non-hydrogen) atoms. The average molecular weight is 442 g/mol. The number of amides is 1. The summed E-state index contributed by atoms with van der Waals surface area (Å²) in [6.07, 6.45) is -0.0524. The highest BCUT2D eigenvalue weighted by Gasteiger charge is 2.32. The maximum absolute atomic E-state index is 12.9. The molecule has 1 saturated carbocycles. The maximum Gasteiger partial charge on any atom is 0.416 e. The lowest BCUT2D eigenvalue weighted by Crippen LogP contribution is -2.40. The van der Waals surface area contributed by atoms with Crippen LogP contribution in [0.3, 0.4) is 0 Å². The van der Waals surface area contributed by atoms with Crippen LogP contribution in [0.2, 0.25) is 5.02 Å². The lowest BCUT2D eigenvalue weighted by atomic mass is 9.85. The van der Waals surface area contributed by atoms with Gasteiger partial charge in [0.25, 0.3) is 5.91 Å². The highest BCUT2D eigenvalue weighted by Crippen LogP contribution is 2.32. The third-order valence-electron chi connectivity index (χ3n) is 6.02. The zero-order chi connectivity index (χ0) is 21.9. The van der Waals surface area contributed by atoms with Gasteiger partial charge >= 0.3 is 6.18 Å². The lowest BCUT2D eigenvalue weighted by Gasteiger charge is -2.29. The summed E-state index contributed by atoms with van der Waals surface area (Å²) in [6.45, 7) is 5.86. The first-order valence-corrected chi connectivity index (χ1v) is 10.7. The number of carbonyl (C=O) groups excluding carboxylic acids is 1. The third kappa shape index (κ3) is 5.36. The number of alkyl halides is 3. The highest BCUT2D eigenvalue weighted by atomic mass is 35.5. The summed E-state index contributed by atoms with van der Waals surface area (Å²) in [5, 5.41) is 6.33. The first-order chi connectivity index (χ1) is 14.2. The van der Waals surface area contributed by atoms with Crippen molar-refractivity contribution < 1.29 is 18.0 Å². The minimum atomic E-state index is -4.51. The van der Waals surface area contributed by atoms with Gasteiger partial charge in [0.05, 0.1) is 22.7 Å². The standard InChI is InChI=1S/C22H27ClF3N3O/c1-3-15-12-28-20(13(15)2)27-11-14-4-7-17(8-5-14)29-21(30)18-10-16(22(24,25)26)6-9-19(18)23/h6,9-10,14,17H,3-5,7-8,11-12H2,1-2H3,(H,27,28)(H,29,30). The minimum absolute atomic E-state index is 0.0191. The van der Waals surface area contributed by atoms with Crippen molar-refractivity contribution in [3.8, 4) is 0 Å². The molecule has 1 aliphatic carbocycles. The number of aliphatic imine (C=N–C) groups is 1. The molecule has 1 aliphatic heterocycles. The Morgan fingerprint density at radius 1 is 1.23 bits per heavy atom. The van der Waals surface area contributed by atoms with Gasteiger partial charge in [0, 0.05) is 12.6 Å². The van der Waals surface area contributed by atoms with Crippen molar-refractivity contribution in [2.24, 2.45) is 10.9 Å². The van der Waals surface area contributed by atoms with Crippen LogP contribution in [0.5, 0.6) is 0 Å². The predicted molar refractivity (Wildman–Crippen MR) is 113 cm³/mol. The second kappa shape index (κ2) is 9.41. The van der Waals surface area contributed by atoms with Gasteiger partial charge in [-0.15, -0.1) is 0 Å². The molecule has 1 aromatic rings. The van der Waals surface area contributed by atoms with Gasteiger partial charge < -0.3 is 10.6 Å². The highest BCUT2D eigenvalue weighted by molar-refractivity contribution is 6.33. The third-order valence-corrected chi connectivity index (χ3v) is 6.35. The SMILES string of the molecule is CCC1=C(C)C(NCC2CCC(NC(=O)c3cc(C(F)(F)F)ccc3Cl)CC2)=NC1. The van der Waals surface area contributed by atoms with E-state index in [1.165, 1.54) is 11.1 Å². The molecule has 0 spiro atoms. The van der Waals surface area contributed by atoms with Crippen molar-refractivity contribution >= 4 is 23.3 Å². The van der Waals surface area contributed by atoms with Crippen LogP contribution in [0.1, 0.15) is 61.9 Å². The van der Waals surface area contributed by atoms with Gasteiger partial charge in [0.1, 0.15) is 5.84 Å². The molecule has 2 aliphatic rings. The summed E-state index contributed by atoms with van der Waals surface area (Å²) in [4.78, 5) is 17.0. The van der Waals surface area contributed by atoms with Crippen LogP contribution < -0.4 is 10.6 Å². The van der Waals surface area contributed by atoms with Gasteiger partial charge in [0.15, 0.2) is 0 Å². The van der Waals surface area contributed by atoms with E-state index in [1.54, 1.807) is 0 Å². The number of halogens is 4. The Bertz CT molecular complexity index is 856. The molecule has 0 bridgehead atoms. The van der Waals surface area contributed by atoms with E-state index in [1.807, 2.05) is 0 Å². The Morgan fingerprint density at radius 3 is 2.53 bits per heavy atom. The van der Waals surface area contributed by atoms with Crippen molar-refractivity contribution in [2.75, 3.05) is 13.1 Å². The molecule has 3 rings (SSSR count). The number of benzene rings is 1. The Labute approximate surface area is 180 Å². The molecule has 1 fully saturated rings. The number of amidine groups is 1. The Kier molecular flexibility index (Phi) is 7.11. The molecule has 0 atom stereocenters. The van der Waals surface area contributed by atoms with Crippen LogP contribution in [0.4, 0.5) is 13.2 Å². The van der Waals surface area contributed by atoms with Crippen LogP contribution in [-0.4, -0.2) is 30.9 Å². The summed E-state index contributed by atoms with van der Waals surface area (Å²) >= 11 is 5.97. The minimum Gasteiger partial charge on any atom is -0.370 e. The first kappa shape index (κ1) is 22.7. The molecule has 1 aromatic carbocycles. The molecule has 0 saturated heterocycles. The molecule has 0 radical (unpaired) electrons. The lowest BCUT2D eigenvalue weighted by molar-refractivity contribution is -0.137. The van der Waals surface area contributed by atoms with Crippen molar-refractivity contribution in [1.82, 2.24) is 10.6 Å². The zero-order valence-electron chi connectivity index (χ0n) is 17.2. The molecule has 1 heterocycles. The van der Waals surface area contributed by atoms with E-state index in [4.69, 9.17) is 11.6 Å². The van der Waals surface area contributed by atoms with Crippen LogP contribution in [-0.2, 0) is 6.18 Å². The quantitative estimate of drug-likeness (QED) is 0.645. The molecule has 0 aromatic heterocycles. The Balaban J connectivity index is 1.49. The molecule has 0 unspecified atom stereocenters. The second-order valence-corrected chi connectivity index (χ2v) is 8.42. The molecule has 2 N–H and O–H groups in total. The van der Waals surface area contributed by atoms with Gasteiger partial charge in [-0.05, 0) is 74.3 Å². The Morgan fingerprint density at radius 2 is 1.93 bits per heavy atom. The number of rotatable bonds is 5. The summed E-state index contributed by atoms with van der Waals surface area (Å²) in [7, 11) is 0. The fourth-order valence-corrected chi connectivity index (χ4v) is 4.24. The van der Waals surface area contributed by atoms with Crippen LogP contribution >= 0.6 is 11.6 Å². The number of carbonyl (C=O) groups is 1. The number of hydrogen-bond donors (Lipinski definition) is 2. The summed E-state index contributed by atoms with van der Waals surface area (Å²) in [6, 6.07) is 2.76. The molecular formula is C22H27ClF3N3O. The molecular weight excluding hydrogens is 415 g/mol. The maximum atomic E-state index is 12.9. The topological polar surface area (TPSA) is 53.5 Å². The van der Waals surface area contributed by atoms with Gasteiger partial charge in [-0.3, -0.25) is 9.79 Å². The number of hydrogen-bond acceptors (Lipinski definition) is 3. The van der Waals surface area contributed by atoms with Crippen molar-refractivity contribution in [3.05, 3.63) is 45.5 Å². The van der Waals surface area contributed by atoms with Crippen LogP contribution in [0.25, 0.3) is 0 Å². The summed E-state index contributed by atoms with van der Waals surface area (Å²) < 4.78 is 38.8. The zero-order valence-corrected chi connectivity index (χ0v) is 18.0. The first-order valence-electron chi connectivity index (χ1n) is 10.3. The fraction of sp³-hybridized carbons (Fsp3) is 0.545. The van der Waals surface area contributed by atoms with E-state index in [9.17, 15) is 18.0 Å². The molecule has 8 heteroatoms. The van der Waals surface area contributed by atoms with E-state index in [0.29, 0.717) is 5.92 Å². The van der Waals surface area contributed by atoms with Gasteiger partial charge in [0.2, 0.25) is 0 Å². The van der Waals surface area contributed by atoms with Gasteiger partial charge in [-0.1, -0.05) is 18.5 Å². The van der Waals surface area contributed by atoms with E-state index in [2.05, 4.69) is 29.5 Å². The molecule has 1 amide bonds. The largest absolute Gasteiger partial charge is 0.416 e. The molecule has 4 nitrogen and oxygen atoms in total.